The Balaban J connectivity index is 1.47. The van der Waals surface area contributed by atoms with Gasteiger partial charge in [-0.05, 0) is 19.3 Å². The van der Waals surface area contributed by atoms with Crippen molar-refractivity contribution in [2.45, 2.75) is 37.4 Å². The molecule has 3 heterocycles. The molecule has 2 N–H and O–H groups in total. The Hall–Kier alpha value is -1.72. The lowest BCUT2D eigenvalue weighted by molar-refractivity contribution is 0.0935. The fourth-order valence-corrected chi connectivity index (χ4v) is 4.14. The van der Waals surface area contributed by atoms with Crippen molar-refractivity contribution in [2.75, 3.05) is 0 Å². The van der Waals surface area contributed by atoms with E-state index in [0.29, 0.717) is 17.0 Å². The fourth-order valence-electron chi connectivity index (χ4n) is 3.32. The molecular formula is C16H17N3OS. The lowest BCUT2D eigenvalue weighted by atomic mass is 9.95. The molecule has 0 spiro atoms. The van der Waals surface area contributed by atoms with Gasteiger partial charge in [-0.2, -0.15) is 0 Å². The molecule has 2 bridgehead atoms. The molecule has 21 heavy (non-hydrogen) atoms. The van der Waals surface area contributed by atoms with Crippen molar-refractivity contribution >= 4 is 17.2 Å². The van der Waals surface area contributed by atoms with E-state index in [4.69, 9.17) is 0 Å². The highest BCUT2D eigenvalue weighted by molar-refractivity contribution is 7.16. The molecule has 4 nitrogen and oxygen atoms in total. The summed E-state index contributed by atoms with van der Waals surface area (Å²) in [5.74, 6) is 0.00836. The van der Waals surface area contributed by atoms with Gasteiger partial charge in [-0.1, -0.05) is 30.3 Å². The zero-order chi connectivity index (χ0) is 14.2. The van der Waals surface area contributed by atoms with E-state index in [-0.39, 0.29) is 11.9 Å². The summed E-state index contributed by atoms with van der Waals surface area (Å²) in [6, 6.07) is 11.3. The maximum absolute atomic E-state index is 12.4. The van der Waals surface area contributed by atoms with Crippen LogP contribution in [0.5, 0.6) is 0 Å². The highest BCUT2D eigenvalue weighted by Crippen LogP contribution is 2.29. The molecule has 3 atom stereocenters. The van der Waals surface area contributed by atoms with Crippen molar-refractivity contribution in [3.8, 4) is 10.6 Å². The Bertz CT molecular complexity index is 655. The van der Waals surface area contributed by atoms with Gasteiger partial charge in [0.25, 0.3) is 5.91 Å². The first kappa shape index (κ1) is 13.0. The van der Waals surface area contributed by atoms with Crippen molar-refractivity contribution in [1.82, 2.24) is 15.6 Å². The number of nitrogens with zero attached hydrogens (tertiary/aromatic N) is 1. The highest BCUT2D eigenvalue weighted by atomic mass is 32.1. The number of fused-ring (bicyclic) bond motifs is 2. The lowest BCUT2D eigenvalue weighted by Gasteiger charge is -2.20. The maximum atomic E-state index is 12.4. The number of aromatic nitrogens is 1. The summed E-state index contributed by atoms with van der Waals surface area (Å²) in [6.07, 6.45) is 5.16. The summed E-state index contributed by atoms with van der Waals surface area (Å²) in [5, 5.41) is 7.59. The predicted octanol–water partition coefficient (Wildman–Crippen LogP) is 2.43. The zero-order valence-corrected chi connectivity index (χ0v) is 12.4. The molecule has 2 fully saturated rings. The van der Waals surface area contributed by atoms with E-state index in [1.165, 1.54) is 24.2 Å². The van der Waals surface area contributed by atoms with Crippen molar-refractivity contribution < 1.29 is 4.79 Å². The van der Waals surface area contributed by atoms with E-state index in [1.807, 2.05) is 30.3 Å². The van der Waals surface area contributed by atoms with Crippen LogP contribution in [0.3, 0.4) is 0 Å². The SMILES string of the molecule is O=C(N[C@@H]1C[C@H]2CC[C@@H]1N2)c1cnc(-c2ccccc2)s1. The molecular weight excluding hydrogens is 282 g/mol. The van der Waals surface area contributed by atoms with Crippen molar-refractivity contribution in [3.63, 3.8) is 0 Å². The number of nitrogens with one attached hydrogen (secondary N) is 2. The highest BCUT2D eigenvalue weighted by Gasteiger charge is 2.39. The standard InChI is InChI=1S/C16H17N3OS/c20-15(19-13-8-11-6-7-12(13)18-11)14-9-17-16(21-14)10-4-2-1-3-5-10/h1-5,9,11-13,18H,6-8H2,(H,19,20)/t11-,12+,13-/m1/s1. The number of benzene rings is 1. The van der Waals surface area contributed by atoms with E-state index >= 15 is 0 Å². The van der Waals surface area contributed by atoms with Crippen LogP contribution in [-0.4, -0.2) is 29.0 Å². The molecule has 2 saturated heterocycles. The first-order valence-corrected chi connectivity index (χ1v) is 8.19. The molecule has 2 aliphatic heterocycles. The second-order valence-corrected chi connectivity index (χ2v) is 6.79. The van der Waals surface area contributed by atoms with Crippen LogP contribution in [0, 0.1) is 0 Å². The monoisotopic (exact) mass is 299 g/mol. The van der Waals surface area contributed by atoms with Crippen LogP contribution in [0.15, 0.2) is 36.5 Å². The Morgan fingerprint density at radius 2 is 2.14 bits per heavy atom. The average molecular weight is 299 g/mol. The molecule has 0 saturated carbocycles. The minimum absolute atomic E-state index is 0.00836. The molecule has 1 aromatic carbocycles. The number of hydrogen-bond donors (Lipinski definition) is 2. The average Bonchev–Trinajstić information content (AvgIpc) is 3.24. The van der Waals surface area contributed by atoms with E-state index in [0.717, 1.165) is 17.0 Å². The van der Waals surface area contributed by atoms with Gasteiger partial charge in [-0.3, -0.25) is 4.79 Å². The van der Waals surface area contributed by atoms with Gasteiger partial charge in [0, 0.05) is 23.7 Å². The third kappa shape index (κ3) is 2.47. The van der Waals surface area contributed by atoms with Gasteiger partial charge in [0.1, 0.15) is 9.88 Å². The van der Waals surface area contributed by atoms with Gasteiger partial charge in [0.05, 0.1) is 6.20 Å². The van der Waals surface area contributed by atoms with Gasteiger partial charge < -0.3 is 10.6 Å². The van der Waals surface area contributed by atoms with E-state index in [2.05, 4.69) is 15.6 Å². The maximum Gasteiger partial charge on any atom is 0.263 e. The molecule has 108 valence electrons. The van der Waals surface area contributed by atoms with Crippen LogP contribution in [0.1, 0.15) is 28.9 Å². The van der Waals surface area contributed by atoms with Crippen LogP contribution in [-0.2, 0) is 0 Å². The third-order valence-electron chi connectivity index (χ3n) is 4.37. The van der Waals surface area contributed by atoms with Gasteiger partial charge in [0.2, 0.25) is 0 Å². The van der Waals surface area contributed by atoms with E-state index in [9.17, 15) is 4.79 Å². The number of carbonyl (C=O) groups is 1. The first-order valence-electron chi connectivity index (χ1n) is 7.38. The Kier molecular flexibility index (Phi) is 3.24. The van der Waals surface area contributed by atoms with Crippen LogP contribution in [0.25, 0.3) is 10.6 Å². The molecule has 2 aliphatic rings. The number of carbonyl (C=O) groups excluding carboxylic acids is 1. The molecule has 1 amide bonds. The minimum Gasteiger partial charge on any atom is -0.347 e. The van der Waals surface area contributed by atoms with Gasteiger partial charge in [-0.25, -0.2) is 4.98 Å². The predicted molar refractivity (Wildman–Crippen MR) is 83.4 cm³/mol. The topological polar surface area (TPSA) is 54.0 Å². The second kappa shape index (κ2) is 5.24. The van der Waals surface area contributed by atoms with Gasteiger partial charge >= 0.3 is 0 Å². The Morgan fingerprint density at radius 3 is 2.86 bits per heavy atom. The summed E-state index contributed by atoms with van der Waals surface area (Å²) in [6.45, 7) is 0. The smallest absolute Gasteiger partial charge is 0.263 e. The number of thiazole rings is 1. The number of rotatable bonds is 3. The van der Waals surface area contributed by atoms with Gasteiger partial charge in [-0.15, -0.1) is 11.3 Å². The summed E-state index contributed by atoms with van der Waals surface area (Å²) in [4.78, 5) is 17.4. The normalized spacial score (nSPS) is 27.0. The molecule has 0 radical (unpaired) electrons. The van der Waals surface area contributed by atoms with Crippen molar-refractivity contribution in [2.24, 2.45) is 0 Å². The molecule has 0 aliphatic carbocycles. The Morgan fingerprint density at radius 1 is 1.29 bits per heavy atom. The summed E-state index contributed by atoms with van der Waals surface area (Å²) < 4.78 is 0. The first-order chi connectivity index (χ1) is 10.3. The van der Waals surface area contributed by atoms with Crippen molar-refractivity contribution in [3.05, 3.63) is 41.4 Å². The third-order valence-corrected chi connectivity index (χ3v) is 5.41. The lowest BCUT2D eigenvalue weighted by Crippen LogP contribution is -2.42. The van der Waals surface area contributed by atoms with Crippen molar-refractivity contribution in [1.29, 1.82) is 0 Å². The number of hydrogen-bond acceptors (Lipinski definition) is 4. The quantitative estimate of drug-likeness (QED) is 0.915. The Labute approximate surface area is 127 Å². The molecule has 4 rings (SSSR count). The fraction of sp³-hybridized carbons (Fsp3) is 0.375. The summed E-state index contributed by atoms with van der Waals surface area (Å²) >= 11 is 1.45. The van der Waals surface area contributed by atoms with Gasteiger partial charge in [0.15, 0.2) is 0 Å². The van der Waals surface area contributed by atoms with Crippen LogP contribution in [0.2, 0.25) is 0 Å². The van der Waals surface area contributed by atoms with E-state index < -0.39 is 0 Å². The molecule has 5 heteroatoms. The second-order valence-electron chi connectivity index (χ2n) is 5.76. The minimum atomic E-state index is 0.00836. The number of amides is 1. The van der Waals surface area contributed by atoms with Crippen LogP contribution >= 0.6 is 11.3 Å². The molecule has 2 aromatic rings. The summed E-state index contributed by atoms with van der Waals surface area (Å²) in [5.41, 5.74) is 1.06. The largest absolute Gasteiger partial charge is 0.347 e. The van der Waals surface area contributed by atoms with E-state index in [1.54, 1.807) is 6.20 Å². The van der Waals surface area contributed by atoms with Crippen LogP contribution in [0.4, 0.5) is 0 Å². The molecule has 0 unspecified atom stereocenters. The summed E-state index contributed by atoms with van der Waals surface area (Å²) in [7, 11) is 0. The molecule has 1 aromatic heterocycles. The zero-order valence-electron chi connectivity index (χ0n) is 11.6. The van der Waals surface area contributed by atoms with Crippen LogP contribution < -0.4 is 10.6 Å².